The molecule has 6 heteroatoms. The molecule has 25 heavy (non-hydrogen) atoms. The molecule has 0 heterocycles. The summed E-state index contributed by atoms with van der Waals surface area (Å²) in [6, 6.07) is 14.6. The van der Waals surface area contributed by atoms with Crippen LogP contribution < -0.4 is 20.9 Å². The van der Waals surface area contributed by atoms with E-state index in [0.717, 1.165) is 18.5 Å². The van der Waals surface area contributed by atoms with Crippen molar-refractivity contribution in [3.05, 3.63) is 54.1 Å². The number of urea groups is 1. The molecule has 1 saturated carbocycles. The zero-order valence-electron chi connectivity index (χ0n) is 14.4. The predicted octanol–water partition coefficient (Wildman–Crippen LogP) is 3.29. The number of nitrogens with one attached hydrogen (secondary N) is 3. The molecule has 3 rings (SSSR count). The van der Waals surface area contributed by atoms with Crippen LogP contribution in [-0.2, 0) is 0 Å². The van der Waals surface area contributed by atoms with Gasteiger partial charge in [-0.1, -0.05) is 6.07 Å². The summed E-state index contributed by atoms with van der Waals surface area (Å²) in [6.07, 6.45) is 2.10. The number of carbonyl (C=O) groups is 2. The van der Waals surface area contributed by atoms with Gasteiger partial charge in [-0.25, -0.2) is 4.79 Å². The SMILES string of the molecule is CN(C)c1cccc(C(=O)Nc2ccc(NC(=O)NC3CC3)cc2)c1. The molecule has 0 aliphatic heterocycles. The summed E-state index contributed by atoms with van der Waals surface area (Å²) in [5.74, 6) is -0.170. The Balaban J connectivity index is 1.59. The van der Waals surface area contributed by atoms with Crippen molar-refractivity contribution in [1.82, 2.24) is 5.32 Å². The lowest BCUT2D eigenvalue weighted by Crippen LogP contribution is -2.30. The van der Waals surface area contributed by atoms with Crippen molar-refractivity contribution in [2.45, 2.75) is 18.9 Å². The van der Waals surface area contributed by atoms with Crippen molar-refractivity contribution < 1.29 is 9.59 Å². The third kappa shape index (κ3) is 4.73. The Morgan fingerprint density at radius 3 is 2.20 bits per heavy atom. The average Bonchev–Trinajstić information content (AvgIpc) is 3.40. The minimum absolute atomic E-state index is 0.170. The number of amides is 3. The summed E-state index contributed by atoms with van der Waals surface area (Å²) in [6.45, 7) is 0. The first-order valence-electron chi connectivity index (χ1n) is 8.27. The molecule has 3 amide bonds. The molecule has 1 aliphatic carbocycles. The van der Waals surface area contributed by atoms with Gasteiger partial charge in [-0.15, -0.1) is 0 Å². The Kier molecular flexibility index (Phi) is 4.88. The Morgan fingerprint density at radius 2 is 1.60 bits per heavy atom. The second-order valence-corrected chi connectivity index (χ2v) is 6.35. The fraction of sp³-hybridized carbons (Fsp3) is 0.263. The molecule has 0 radical (unpaired) electrons. The summed E-state index contributed by atoms with van der Waals surface area (Å²) in [4.78, 5) is 26.0. The highest BCUT2D eigenvalue weighted by molar-refractivity contribution is 6.05. The number of hydrogen-bond donors (Lipinski definition) is 3. The van der Waals surface area contributed by atoms with Gasteiger partial charge in [-0.2, -0.15) is 0 Å². The molecule has 0 atom stereocenters. The number of rotatable bonds is 5. The third-order valence-electron chi connectivity index (χ3n) is 3.94. The number of carbonyl (C=O) groups excluding carboxylic acids is 2. The lowest BCUT2D eigenvalue weighted by Gasteiger charge is -2.13. The highest BCUT2D eigenvalue weighted by Gasteiger charge is 2.23. The predicted molar refractivity (Wildman–Crippen MR) is 100 cm³/mol. The lowest BCUT2D eigenvalue weighted by atomic mass is 10.1. The third-order valence-corrected chi connectivity index (χ3v) is 3.94. The molecule has 2 aromatic rings. The van der Waals surface area contributed by atoms with Crippen molar-refractivity contribution in [3.63, 3.8) is 0 Å². The molecule has 0 bridgehead atoms. The molecule has 0 spiro atoms. The Morgan fingerprint density at radius 1 is 0.960 bits per heavy atom. The van der Waals surface area contributed by atoms with Gasteiger partial charge in [0.1, 0.15) is 0 Å². The Labute approximate surface area is 147 Å². The molecule has 1 fully saturated rings. The molecule has 6 nitrogen and oxygen atoms in total. The summed E-state index contributed by atoms with van der Waals surface area (Å²) in [5.41, 5.74) is 2.92. The van der Waals surface area contributed by atoms with Gasteiger partial charge in [0.05, 0.1) is 0 Å². The second kappa shape index (κ2) is 7.25. The molecular weight excluding hydrogens is 316 g/mol. The fourth-order valence-corrected chi connectivity index (χ4v) is 2.35. The number of hydrogen-bond acceptors (Lipinski definition) is 3. The first-order chi connectivity index (χ1) is 12.0. The van der Waals surface area contributed by atoms with E-state index < -0.39 is 0 Å². The van der Waals surface area contributed by atoms with Gasteiger partial charge in [0.15, 0.2) is 0 Å². The van der Waals surface area contributed by atoms with Crippen molar-refractivity contribution >= 4 is 29.0 Å². The summed E-state index contributed by atoms with van der Waals surface area (Å²) in [7, 11) is 3.87. The molecule has 0 saturated heterocycles. The zero-order valence-corrected chi connectivity index (χ0v) is 14.4. The van der Waals surface area contributed by atoms with Crippen molar-refractivity contribution in [2.24, 2.45) is 0 Å². The summed E-state index contributed by atoms with van der Waals surface area (Å²) >= 11 is 0. The molecule has 3 N–H and O–H groups in total. The van der Waals surface area contributed by atoms with E-state index in [2.05, 4.69) is 16.0 Å². The van der Waals surface area contributed by atoms with E-state index in [9.17, 15) is 9.59 Å². The van der Waals surface area contributed by atoms with Gasteiger partial charge in [0.2, 0.25) is 0 Å². The number of anilines is 3. The van der Waals surface area contributed by atoms with Gasteiger partial charge in [-0.05, 0) is 55.3 Å². The smallest absolute Gasteiger partial charge is 0.319 e. The highest BCUT2D eigenvalue weighted by Crippen LogP contribution is 2.20. The van der Waals surface area contributed by atoms with Crippen molar-refractivity contribution in [2.75, 3.05) is 29.6 Å². The van der Waals surface area contributed by atoms with Gasteiger partial charge in [0.25, 0.3) is 5.91 Å². The zero-order chi connectivity index (χ0) is 17.8. The monoisotopic (exact) mass is 338 g/mol. The normalized spacial score (nSPS) is 13.0. The van der Waals surface area contributed by atoms with Gasteiger partial charge in [-0.3, -0.25) is 4.79 Å². The first-order valence-corrected chi connectivity index (χ1v) is 8.27. The Bertz CT molecular complexity index is 767. The standard InChI is InChI=1S/C19H22N4O2/c1-23(2)17-5-3-4-13(12-17)18(24)20-14-6-8-15(9-7-14)21-19(25)22-16-10-11-16/h3-9,12,16H,10-11H2,1-2H3,(H,20,24)(H2,21,22,25). The van der Waals surface area contributed by atoms with E-state index >= 15 is 0 Å². The largest absolute Gasteiger partial charge is 0.378 e. The van der Waals surface area contributed by atoms with Crippen LogP contribution in [0, 0.1) is 0 Å². The molecule has 2 aromatic carbocycles. The van der Waals surface area contributed by atoms with Crippen molar-refractivity contribution in [1.29, 1.82) is 0 Å². The number of benzene rings is 2. The van der Waals surface area contributed by atoms with Crippen LogP contribution in [0.1, 0.15) is 23.2 Å². The van der Waals surface area contributed by atoms with Gasteiger partial charge >= 0.3 is 6.03 Å². The van der Waals surface area contributed by atoms with E-state index in [4.69, 9.17) is 0 Å². The van der Waals surface area contributed by atoms with Crippen LogP contribution in [0.3, 0.4) is 0 Å². The maximum atomic E-state index is 12.4. The highest BCUT2D eigenvalue weighted by atomic mass is 16.2. The van der Waals surface area contributed by atoms with Crippen LogP contribution in [0.5, 0.6) is 0 Å². The van der Waals surface area contributed by atoms with E-state index in [0.29, 0.717) is 23.0 Å². The molecular formula is C19H22N4O2. The molecule has 0 unspecified atom stereocenters. The second-order valence-electron chi connectivity index (χ2n) is 6.35. The van der Waals surface area contributed by atoms with Crippen LogP contribution in [0.15, 0.2) is 48.5 Å². The Hall–Kier alpha value is -3.02. The molecule has 0 aromatic heterocycles. The number of nitrogens with zero attached hydrogens (tertiary/aromatic N) is 1. The van der Waals surface area contributed by atoms with Crippen LogP contribution in [0.2, 0.25) is 0 Å². The molecule has 130 valence electrons. The molecule has 1 aliphatic rings. The first kappa shape index (κ1) is 16.8. The lowest BCUT2D eigenvalue weighted by molar-refractivity contribution is 0.102. The van der Waals surface area contributed by atoms with Gasteiger partial charge < -0.3 is 20.9 Å². The van der Waals surface area contributed by atoms with E-state index in [1.165, 1.54) is 0 Å². The summed E-state index contributed by atoms with van der Waals surface area (Å²) < 4.78 is 0. The maximum absolute atomic E-state index is 12.4. The van der Waals surface area contributed by atoms with Crippen LogP contribution >= 0.6 is 0 Å². The van der Waals surface area contributed by atoms with E-state index in [1.807, 2.05) is 37.2 Å². The minimum atomic E-state index is -0.195. The van der Waals surface area contributed by atoms with E-state index in [1.54, 1.807) is 30.3 Å². The summed E-state index contributed by atoms with van der Waals surface area (Å²) in [5, 5.41) is 8.50. The maximum Gasteiger partial charge on any atom is 0.319 e. The van der Waals surface area contributed by atoms with E-state index in [-0.39, 0.29) is 11.9 Å². The topological polar surface area (TPSA) is 73.5 Å². The van der Waals surface area contributed by atoms with Crippen LogP contribution in [-0.4, -0.2) is 32.1 Å². The van der Waals surface area contributed by atoms with Crippen LogP contribution in [0.4, 0.5) is 21.9 Å². The quantitative estimate of drug-likeness (QED) is 0.783. The van der Waals surface area contributed by atoms with Crippen LogP contribution in [0.25, 0.3) is 0 Å². The fourth-order valence-electron chi connectivity index (χ4n) is 2.35. The minimum Gasteiger partial charge on any atom is -0.378 e. The average molecular weight is 338 g/mol. The van der Waals surface area contributed by atoms with Gasteiger partial charge in [0, 0.05) is 42.8 Å². The van der Waals surface area contributed by atoms with Crippen molar-refractivity contribution in [3.8, 4) is 0 Å².